The molecule has 1 heterocycles. The maximum absolute atomic E-state index is 12.2. The zero-order valence-electron chi connectivity index (χ0n) is 12.4. The van der Waals surface area contributed by atoms with Gasteiger partial charge in [0.25, 0.3) is 0 Å². The molecule has 0 aliphatic carbocycles. The van der Waals surface area contributed by atoms with Crippen LogP contribution in [0.3, 0.4) is 0 Å². The fraction of sp³-hybridized carbons (Fsp3) is 0.562. The maximum atomic E-state index is 12.2. The topological polar surface area (TPSA) is 70.0 Å². The molecule has 2 N–H and O–H groups in total. The molecular weight excluding hydrogens is 270 g/mol. The number of amides is 1. The van der Waals surface area contributed by atoms with Crippen molar-refractivity contribution >= 4 is 5.91 Å². The smallest absolute Gasteiger partial charge is 0.227 e. The predicted octanol–water partition coefficient (Wildman–Crippen LogP) is 0.829. The number of hydrogen-bond donors (Lipinski definition) is 2. The van der Waals surface area contributed by atoms with Crippen LogP contribution in [-0.2, 0) is 11.2 Å². The highest BCUT2D eigenvalue weighted by Crippen LogP contribution is 2.19. The number of rotatable bonds is 5. The van der Waals surface area contributed by atoms with E-state index >= 15 is 0 Å². The Morgan fingerprint density at radius 1 is 1.38 bits per heavy atom. The molecule has 1 aliphatic rings. The number of likely N-dealkylation sites (tertiary alicyclic amines) is 1. The second kappa shape index (κ2) is 7.43. The quantitative estimate of drug-likeness (QED) is 0.843. The Bertz CT molecular complexity index is 460. The molecule has 2 rings (SSSR count). The average molecular weight is 293 g/mol. The van der Waals surface area contributed by atoms with Gasteiger partial charge in [0.1, 0.15) is 5.75 Å². The van der Waals surface area contributed by atoms with Crippen LogP contribution in [0.5, 0.6) is 5.75 Å². The van der Waals surface area contributed by atoms with Crippen LogP contribution in [0, 0.1) is 5.92 Å². The summed E-state index contributed by atoms with van der Waals surface area (Å²) in [6.07, 6.45) is 0.336. The van der Waals surface area contributed by atoms with Crippen molar-refractivity contribution in [3.05, 3.63) is 29.8 Å². The Morgan fingerprint density at radius 2 is 2.10 bits per heavy atom. The summed E-state index contributed by atoms with van der Waals surface area (Å²) < 4.78 is 5.37. The lowest BCUT2D eigenvalue weighted by Crippen LogP contribution is -2.48. The fourth-order valence-corrected chi connectivity index (χ4v) is 2.58. The molecule has 0 unspecified atom stereocenters. The molecule has 1 aliphatic heterocycles. The van der Waals surface area contributed by atoms with Gasteiger partial charge in [-0.1, -0.05) is 12.1 Å². The third-order valence-electron chi connectivity index (χ3n) is 3.90. The zero-order valence-corrected chi connectivity index (χ0v) is 12.4. The van der Waals surface area contributed by atoms with Crippen molar-refractivity contribution in [2.24, 2.45) is 5.92 Å². The van der Waals surface area contributed by atoms with Gasteiger partial charge in [0, 0.05) is 25.6 Å². The van der Waals surface area contributed by atoms with Crippen LogP contribution in [-0.4, -0.2) is 53.4 Å². The van der Waals surface area contributed by atoms with Crippen molar-refractivity contribution in [2.45, 2.75) is 25.9 Å². The van der Waals surface area contributed by atoms with Crippen LogP contribution in [0.15, 0.2) is 24.3 Å². The molecule has 116 valence electrons. The van der Waals surface area contributed by atoms with Gasteiger partial charge in [0.05, 0.1) is 19.1 Å². The van der Waals surface area contributed by atoms with Crippen LogP contribution in [0.2, 0.25) is 0 Å². The first-order valence-electron chi connectivity index (χ1n) is 7.42. The van der Waals surface area contributed by atoms with E-state index in [-0.39, 0.29) is 18.4 Å². The summed E-state index contributed by atoms with van der Waals surface area (Å²) in [7, 11) is 0. The number of hydrogen-bond acceptors (Lipinski definition) is 4. The minimum Gasteiger partial charge on any atom is -0.494 e. The summed E-state index contributed by atoms with van der Waals surface area (Å²) >= 11 is 0. The summed E-state index contributed by atoms with van der Waals surface area (Å²) in [4.78, 5) is 13.9. The predicted molar refractivity (Wildman–Crippen MR) is 79.1 cm³/mol. The second-order valence-corrected chi connectivity index (χ2v) is 5.39. The van der Waals surface area contributed by atoms with E-state index in [0.717, 1.165) is 11.3 Å². The lowest BCUT2D eigenvalue weighted by molar-refractivity contribution is -0.135. The van der Waals surface area contributed by atoms with E-state index < -0.39 is 6.10 Å². The van der Waals surface area contributed by atoms with Gasteiger partial charge in [-0.25, -0.2) is 0 Å². The van der Waals surface area contributed by atoms with Crippen molar-refractivity contribution in [3.63, 3.8) is 0 Å². The largest absolute Gasteiger partial charge is 0.494 e. The van der Waals surface area contributed by atoms with E-state index in [9.17, 15) is 9.90 Å². The Labute approximate surface area is 125 Å². The molecule has 21 heavy (non-hydrogen) atoms. The van der Waals surface area contributed by atoms with E-state index in [0.29, 0.717) is 32.5 Å². The highest BCUT2D eigenvalue weighted by atomic mass is 16.5. The number of benzene rings is 1. The minimum atomic E-state index is -0.631. The molecule has 0 aromatic heterocycles. The molecule has 0 radical (unpaired) electrons. The Kier molecular flexibility index (Phi) is 5.59. The fourth-order valence-electron chi connectivity index (χ4n) is 2.58. The standard InChI is InChI=1S/C16H23NO4/c1-2-21-14-5-3-12(4-6-14)9-16(20)17-8-7-13(11-18)15(19)10-17/h3-6,13,15,18-19H,2,7-11H2,1H3/t13-,15-/m1/s1. The summed E-state index contributed by atoms with van der Waals surface area (Å²) in [5.74, 6) is 0.696. The Balaban J connectivity index is 1.89. The second-order valence-electron chi connectivity index (χ2n) is 5.39. The summed E-state index contributed by atoms with van der Waals surface area (Å²) in [5, 5.41) is 19.0. The summed E-state index contributed by atoms with van der Waals surface area (Å²) in [6.45, 7) is 3.43. The number of carbonyl (C=O) groups is 1. The first kappa shape index (κ1) is 15.8. The van der Waals surface area contributed by atoms with Crippen LogP contribution in [0.1, 0.15) is 18.9 Å². The third kappa shape index (κ3) is 4.19. The van der Waals surface area contributed by atoms with Gasteiger partial charge in [0.2, 0.25) is 5.91 Å². The first-order chi connectivity index (χ1) is 10.1. The van der Waals surface area contributed by atoms with Crippen molar-refractivity contribution < 1.29 is 19.7 Å². The van der Waals surface area contributed by atoms with Gasteiger partial charge < -0.3 is 19.8 Å². The first-order valence-corrected chi connectivity index (χ1v) is 7.42. The SMILES string of the molecule is CCOc1ccc(CC(=O)N2CC[C@H](CO)[C@H](O)C2)cc1. The molecule has 1 aromatic rings. The van der Waals surface area contributed by atoms with Gasteiger partial charge in [-0.05, 0) is 31.0 Å². The molecule has 1 fully saturated rings. The number of nitrogens with zero attached hydrogens (tertiary/aromatic N) is 1. The molecule has 1 aromatic carbocycles. The van der Waals surface area contributed by atoms with E-state index in [1.54, 1.807) is 4.90 Å². The normalized spacial score (nSPS) is 22.1. The zero-order chi connectivity index (χ0) is 15.2. The van der Waals surface area contributed by atoms with Gasteiger partial charge in [-0.15, -0.1) is 0 Å². The van der Waals surface area contributed by atoms with Crippen LogP contribution < -0.4 is 4.74 Å². The number of aliphatic hydroxyl groups is 2. The van der Waals surface area contributed by atoms with Crippen molar-refractivity contribution in [1.29, 1.82) is 0 Å². The van der Waals surface area contributed by atoms with E-state index in [1.807, 2.05) is 31.2 Å². The number of aliphatic hydroxyl groups excluding tert-OH is 2. The summed E-state index contributed by atoms with van der Waals surface area (Å²) in [6, 6.07) is 7.50. The lowest BCUT2D eigenvalue weighted by Gasteiger charge is -2.35. The summed E-state index contributed by atoms with van der Waals surface area (Å²) in [5.41, 5.74) is 0.933. The molecule has 5 heteroatoms. The molecule has 2 atom stereocenters. The van der Waals surface area contributed by atoms with E-state index in [2.05, 4.69) is 0 Å². The Hall–Kier alpha value is -1.59. The van der Waals surface area contributed by atoms with Crippen LogP contribution >= 0.6 is 0 Å². The maximum Gasteiger partial charge on any atom is 0.227 e. The van der Waals surface area contributed by atoms with E-state index in [1.165, 1.54) is 0 Å². The molecule has 0 bridgehead atoms. The van der Waals surface area contributed by atoms with Crippen molar-refractivity contribution in [3.8, 4) is 5.75 Å². The lowest BCUT2D eigenvalue weighted by atomic mass is 9.94. The van der Waals surface area contributed by atoms with Gasteiger partial charge >= 0.3 is 0 Å². The molecule has 1 amide bonds. The molecule has 1 saturated heterocycles. The van der Waals surface area contributed by atoms with E-state index in [4.69, 9.17) is 9.84 Å². The number of carbonyl (C=O) groups excluding carboxylic acids is 1. The number of ether oxygens (including phenoxy) is 1. The van der Waals surface area contributed by atoms with Crippen LogP contribution in [0.4, 0.5) is 0 Å². The number of β-amino-alcohol motifs (C(OH)–C–C–N with tert-alkyl or cyclic N) is 1. The van der Waals surface area contributed by atoms with Gasteiger partial charge in [-0.2, -0.15) is 0 Å². The van der Waals surface area contributed by atoms with Crippen molar-refractivity contribution in [2.75, 3.05) is 26.3 Å². The number of piperidine rings is 1. The third-order valence-corrected chi connectivity index (χ3v) is 3.90. The Morgan fingerprint density at radius 3 is 2.67 bits per heavy atom. The average Bonchev–Trinajstić information content (AvgIpc) is 2.49. The monoisotopic (exact) mass is 293 g/mol. The van der Waals surface area contributed by atoms with Crippen molar-refractivity contribution in [1.82, 2.24) is 4.90 Å². The molecule has 0 spiro atoms. The molecule has 0 saturated carbocycles. The molecular formula is C16H23NO4. The van der Waals surface area contributed by atoms with Gasteiger partial charge in [-0.3, -0.25) is 4.79 Å². The highest BCUT2D eigenvalue weighted by Gasteiger charge is 2.29. The van der Waals surface area contributed by atoms with Crippen LogP contribution in [0.25, 0.3) is 0 Å². The van der Waals surface area contributed by atoms with Gasteiger partial charge in [0.15, 0.2) is 0 Å². The molecule has 5 nitrogen and oxygen atoms in total. The highest BCUT2D eigenvalue weighted by molar-refractivity contribution is 5.79. The minimum absolute atomic E-state index is 0.00889.